The lowest BCUT2D eigenvalue weighted by molar-refractivity contribution is -0.120. The number of hydrogen-bond acceptors (Lipinski definition) is 3. The van der Waals surface area contributed by atoms with Gasteiger partial charge in [0.25, 0.3) is 0 Å². The SMILES string of the molecule is O=C(CCc1ccccc1)CC1CCCN(Cc2ccc(-n3cccn3)cc2)C1. The lowest BCUT2D eigenvalue weighted by Crippen LogP contribution is -2.35. The average molecular weight is 388 g/mol. The Balaban J connectivity index is 1.25. The molecule has 1 saturated heterocycles. The maximum absolute atomic E-state index is 12.5. The van der Waals surface area contributed by atoms with E-state index >= 15 is 0 Å². The summed E-state index contributed by atoms with van der Waals surface area (Å²) in [5, 5.41) is 4.28. The Morgan fingerprint density at radius 1 is 1.00 bits per heavy atom. The van der Waals surface area contributed by atoms with Crippen molar-refractivity contribution in [2.24, 2.45) is 5.92 Å². The van der Waals surface area contributed by atoms with Gasteiger partial charge in [-0.15, -0.1) is 0 Å². The van der Waals surface area contributed by atoms with E-state index in [0.29, 0.717) is 18.1 Å². The molecule has 0 bridgehead atoms. The molecule has 4 rings (SSSR count). The predicted molar refractivity (Wildman–Crippen MR) is 116 cm³/mol. The topological polar surface area (TPSA) is 38.1 Å². The minimum atomic E-state index is 0.407. The summed E-state index contributed by atoms with van der Waals surface area (Å²) in [5.74, 6) is 0.902. The van der Waals surface area contributed by atoms with Crippen LogP contribution in [0.4, 0.5) is 0 Å². The minimum Gasteiger partial charge on any atom is -0.300 e. The second kappa shape index (κ2) is 9.66. The zero-order valence-electron chi connectivity index (χ0n) is 16.9. The number of piperidine rings is 1. The lowest BCUT2D eigenvalue weighted by Gasteiger charge is -2.32. The Kier molecular flexibility index (Phi) is 6.52. The molecular formula is C25H29N3O. The van der Waals surface area contributed by atoms with Crippen LogP contribution in [-0.2, 0) is 17.8 Å². The first kappa shape index (κ1) is 19.6. The first-order valence-electron chi connectivity index (χ1n) is 10.6. The van der Waals surface area contributed by atoms with E-state index < -0.39 is 0 Å². The van der Waals surface area contributed by atoms with Crippen LogP contribution in [0.1, 0.15) is 36.8 Å². The Labute approximate surface area is 173 Å². The summed E-state index contributed by atoms with van der Waals surface area (Å²) in [6.45, 7) is 3.10. The maximum atomic E-state index is 12.5. The highest BCUT2D eigenvalue weighted by atomic mass is 16.1. The van der Waals surface area contributed by atoms with Crippen molar-refractivity contribution in [1.29, 1.82) is 0 Å². The van der Waals surface area contributed by atoms with Crippen LogP contribution in [0.15, 0.2) is 73.1 Å². The fourth-order valence-electron chi connectivity index (χ4n) is 4.25. The van der Waals surface area contributed by atoms with Crippen molar-refractivity contribution in [2.75, 3.05) is 13.1 Å². The molecule has 2 heterocycles. The number of benzene rings is 2. The molecule has 0 saturated carbocycles. The third-order valence-corrected chi connectivity index (χ3v) is 5.77. The number of Topliss-reactive ketones (excluding diaryl/α,β-unsaturated/α-hetero) is 1. The van der Waals surface area contributed by atoms with Crippen LogP contribution >= 0.6 is 0 Å². The third kappa shape index (κ3) is 5.64. The second-order valence-electron chi connectivity index (χ2n) is 8.09. The van der Waals surface area contributed by atoms with Crippen LogP contribution in [-0.4, -0.2) is 33.6 Å². The molecule has 0 radical (unpaired) electrons. The van der Waals surface area contributed by atoms with Crippen LogP contribution in [0, 0.1) is 5.92 Å². The summed E-state index contributed by atoms with van der Waals surface area (Å²) in [6.07, 6.45) is 8.35. The normalized spacial score (nSPS) is 17.3. The monoisotopic (exact) mass is 387 g/mol. The standard InChI is InChI=1S/C25H29N3O/c29-25(14-11-21-6-2-1-3-7-21)18-23-8-4-16-27(20-23)19-22-9-12-24(13-10-22)28-17-5-15-26-28/h1-3,5-7,9-10,12-13,15,17,23H,4,8,11,14,16,18-20H2. The zero-order chi connectivity index (χ0) is 19.9. The minimum absolute atomic E-state index is 0.407. The average Bonchev–Trinajstić information content (AvgIpc) is 3.29. The smallest absolute Gasteiger partial charge is 0.133 e. The summed E-state index contributed by atoms with van der Waals surface area (Å²) in [7, 11) is 0. The van der Waals surface area contributed by atoms with Gasteiger partial charge in [-0.3, -0.25) is 9.69 Å². The molecule has 0 amide bonds. The van der Waals surface area contributed by atoms with Gasteiger partial charge in [-0.05, 0) is 61.1 Å². The third-order valence-electron chi connectivity index (χ3n) is 5.77. The molecule has 29 heavy (non-hydrogen) atoms. The van der Waals surface area contributed by atoms with E-state index in [2.05, 4.69) is 46.4 Å². The predicted octanol–water partition coefficient (Wildman–Crippen LogP) is 4.68. The van der Waals surface area contributed by atoms with E-state index in [9.17, 15) is 4.79 Å². The van der Waals surface area contributed by atoms with E-state index in [1.807, 2.05) is 35.1 Å². The number of hydrogen-bond donors (Lipinski definition) is 0. The molecule has 150 valence electrons. The molecule has 4 nitrogen and oxygen atoms in total. The summed E-state index contributed by atoms with van der Waals surface area (Å²) >= 11 is 0. The summed E-state index contributed by atoms with van der Waals surface area (Å²) < 4.78 is 1.88. The van der Waals surface area contributed by atoms with Gasteiger partial charge in [-0.1, -0.05) is 42.5 Å². The van der Waals surface area contributed by atoms with Gasteiger partial charge in [0, 0.05) is 38.3 Å². The molecule has 2 aromatic carbocycles. The molecule has 0 aliphatic carbocycles. The Morgan fingerprint density at radius 3 is 2.59 bits per heavy atom. The quantitative estimate of drug-likeness (QED) is 0.563. The zero-order valence-corrected chi connectivity index (χ0v) is 16.9. The molecule has 4 heteroatoms. The van der Waals surface area contributed by atoms with Crippen molar-refractivity contribution in [3.63, 3.8) is 0 Å². The van der Waals surface area contributed by atoms with E-state index in [1.54, 1.807) is 6.20 Å². The Bertz CT molecular complexity index is 888. The van der Waals surface area contributed by atoms with Gasteiger partial charge in [0.2, 0.25) is 0 Å². The van der Waals surface area contributed by atoms with Crippen LogP contribution < -0.4 is 0 Å². The van der Waals surface area contributed by atoms with E-state index in [0.717, 1.165) is 38.2 Å². The molecule has 0 spiro atoms. The Morgan fingerprint density at radius 2 is 1.83 bits per heavy atom. The second-order valence-corrected chi connectivity index (χ2v) is 8.09. The Hall–Kier alpha value is -2.72. The molecule has 1 atom stereocenters. The van der Waals surface area contributed by atoms with Gasteiger partial charge >= 0.3 is 0 Å². The van der Waals surface area contributed by atoms with Crippen LogP contribution in [0.25, 0.3) is 5.69 Å². The number of rotatable bonds is 8. The van der Waals surface area contributed by atoms with E-state index in [1.165, 1.54) is 24.0 Å². The summed E-state index contributed by atoms with van der Waals surface area (Å²) in [5.41, 5.74) is 3.65. The number of carbonyl (C=O) groups is 1. The lowest BCUT2D eigenvalue weighted by atomic mass is 9.91. The highest BCUT2D eigenvalue weighted by molar-refractivity contribution is 5.78. The van der Waals surface area contributed by atoms with Gasteiger partial charge < -0.3 is 0 Å². The van der Waals surface area contributed by atoms with Crippen molar-refractivity contribution in [2.45, 2.75) is 38.6 Å². The van der Waals surface area contributed by atoms with Crippen molar-refractivity contribution in [3.05, 3.63) is 84.2 Å². The number of aryl methyl sites for hydroxylation is 1. The summed E-state index contributed by atoms with van der Waals surface area (Å²) in [4.78, 5) is 15.0. The van der Waals surface area contributed by atoms with Crippen molar-refractivity contribution >= 4 is 5.78 Å². The van der Waals surface area contributed by atoms with Crippen molar-refractivity contribution in [1.82, 2.24) is 14.7 Å². The number of aromatic nitrogens is 2. The fraction of sp³-hybridized carbons (Fsp3) is 0.360. The van der Waals surface area contributed by atoms with Crippen LogP contribution in [0.2, 0.25) is 0 Å². The molecule has 3 aromatic rings. The molecular weight excluding hydrogens is 358 g/mol. The number of carbonyl (C=O) groups excluding carboxylic acids is 1. The fourth-order valence-corrected chi connectivity index (χ4v) is 4.25. The van der Waals surface area contributed by atoms with E-state index in [4.69, 9.17) is 0 Å². The molecule has 1 unspecified atom stereocenters. The van der Waals surface area contributed by atoms with Crippen LogP contribution in [0.5, 0.6) is 0 Å². The summed E-state index contributed by atoms with van der Waals surface area (Å²) in [6, 6.07) is 20.9. The van der Waals surface area contributed by atoms with Gasteiger partial charge in [0.15, 0.2) is 0 Å². The number of ketones is 1. The maximum Gasteiger partial charge on any atom is 0.133 e. The van der Waals surface area contributed by atoms with Gasteiger partial charge in [-0.2, -0.15) is 5.10 Å². The molecule has 1 aliphatic heterocycles. The van der Waals surface area contributed by atoms with Gasteiger partial charge in [0.05, 0.1) is 5.69 Å². The van der Waals surface area contributed by atoms with Crippen LogP contribution in [0.3, 0.4) is 0 Å². The van der Waals surface area contributed by atoms with E-state index in [-0.39, 0.29) is 0 Å². The molecule has 1 fully saturated rings. The molecule has 0 N–H and O–H groups in total. The molecule has 1 aromatic heterocycles. The largest absolute Gasteiger partial charge is 0.300 e. The first-order chi connectivity index (χ1) is 14.3. The van der Waals surface area contributed by atoms with Crippen molar-refractivity contribution in [3.8, 4) is 5.69 Å². The highest BCUT2D eigenvalue weighted by Gasteiger charge is 2.22. The first-order valence-corrected chi connectivity index (χ1v) is 10.6. The number of nitrogens with zero attached hydrogens (tertiary/aromatic N) is 3. The van der Waals surface area contributed by atoms with Gasteiger partial charge in [-0.25, -0.2) is 4.68 Å². The molecule has 1 aliphatic rings. The highest BCUT2D eigenvalue weighted by Crippen LogP contribution is 2.23. The van der Waals surface area contributed by atoms with Crippen molar-refractivity contribution < 1.29 is 4.79 Å². The number of likely N-dealkylation sites (tertiary alicyclic amines) is 1. The van der Waals surface area contributed by atoms with Gasteiger partial charge in [0.1, 0.15) is 5.78 Å².